The molecule has 0 saturated heterocycles. The van der Waals surface area contributed by atoms with E-state index in [0.29, 0.717) is 34.7 Å². The molecule has 10 nitrogen and oxygen atoms in total. The van der Waals surface area contributed by atoms with Crippen LogP contribution in [-0.4, -0.2) is 44.1 Å². The Morgan fingerprint density at radius 1 is 1.11 bits per heavy atom. The summed E-state index contributed by atoms with van der Waals surface area (Å²) in [4.78, 5) is 33.6. The van der Waals surface area contributed by atoms with Crippen LogP contribution in [0.25, 0.3) is 11.0 Å². The van der Waals surface area contributed by atoms with E-state index in [-0.39, 0.29) is 25.2 Å². The van der Waals surface area contributed by atoms with Gasteiger partial charge in [-0.15, -0.1) is 5.10 Å². The zero-order valence-electron chi connectivity index (χ0n) is 20.9. The molecule has 4 aromatic rings. The lowest BCUT2D eigenvalue weighted by atomic mass is 9.99. The molecule has 190 valence electrons. The van der Waals surface area contributed by atoms with Crippen molar-refractivity contribution >= 4 is 28.5 Å². The van der Waals surface area contributed by atoms with Crippen LogP contribution in [0.2, 0.25) is 0 Å². The predicted octanol–water partition coefficient (Wildman–Crippen LogP) is 3.63. The topological polar surface area (TPSA) is 111 Å². The maximum absolute atomic E-state index is 14.1. The molecule has 1 aliphatic heterocycles. The number of para-hydroxylation sites is 1. The van der Waals surface area contributed by atoms with Crippen molar-refractivity contribution < 1.29 is 19.1 Å². The molecule has 3 heterocycles. The molecule has 1 atom stereocenters. The Bertz CT molecular complexity index is 1440. The van der Waals surface area contributed by atoms with Gasteiger partial charge in [-0.3, -0.25) is 19.5 Å². The molecule has 2 aromatic carbocycles. The fourth-order valence-corrected chi connectivity index (χ4v) is 4.16. The average Bonchev–Trinajstić information content (AvgIpc) is 3.54. The highest BCUT2D eigenvalue weighted by Crippen LogP contribution is 2.38. The van der Waals surface area contributed by atoms with Crippen molar-refractivity contribution in [3.05, 3.63) is 72.6 Å². The highest BCUT2D eigenvalue weighted by atomic mass is 16.7. The van der Waals surface area contributed by atoms with Gasteiger partial charge in [0.25, 0.3) is 0 Å². The van der Waals surface area contributed by atoms with Crippen molar-refractivity contribution in [2.75, 3.05) is 11.7 Å². The van der Waals surface area contributed by atoms with Crippen LogP contribution in [0.5, 0.6) is 11.5 Å². The molecule has 0 radical (unpaired) electrons. The third-order valence-electron chi connectivity index (χ3n) is 6.46. The number of nitrogens with one attached hydrogen (secondary N) is 1. The molecule has 10 heteroatoms. The molecule has 0 bridgehead atoms. The number of rotatable bonds is 8. The Labute approximate surface area is 214 Å². The van der Waals surface area contributed by atoms with E-state index >= 15 is 0 Å². The van der Waals surface area contributed by atoms with E-state index in [1.54, 1.807) is 42.7 Å². The van der Waals surface area contributed by atoms with E-state index in [4.69, 9.17) is 9.47 Å². The summed E-state index contributed by atoms with van der Waals surface area (Å²) in [6.07, 6.45) is 3.94. The molecular formula is C27H28N6O4. The first-order valence-corrected chi connectivity index (χ1v) is 12.1. The third kappa shape index (κ3) is 4.95. The Hall–Kier alpha value is -4.47. The Morgan fingerprint density at radius 3 is 2.70 bits per heavy atom. The molecule has 2 amide bonds. The third-order valence-corrected chi connectivity index (χ3v) is 6.46. The lowest BCUT2D eigenvalue weighted by Gasteiger charge is -2.34. The van der Waals surface area contributed by atoms with Gasteiger partial charge < -0.3 is 14.8 Å². The number of carbonyl (C=O) groups is 2. The van der Waals surface area contributed by atoms with Crippen LogP contribution in [0, 0.1) is 0 Å². The van der Waals surface area contributed by atoms with Gasteiger partial charge in [-0.1, -0.05) is 30.3 Å². The average molecular weight is 501 g/mol. The number of pyridine rings is 1. The molecular weight excluding hydrogens is 472 g/mol. The van der Waals surface area contributed by atoms with Gasteiger partial charge >= 0.3 is 0 Å². The number of ether oxygens (including phenoxy) is 2. The number of aromatic nitrogens is 4. The first-order valence-electron chi connectivity index (χ1n) is 12.1. The maximum atomic E-state index is 14.1. The van der Waals surface area contributed by atoms with E-state index in [0.717, 1.165) is 5.52 Å². The van der Waals surface area contributed by atoms with Gasteiger partial charge in [0.15, 0.2) is 11.5 Å². The van der Waals surface area contributed by atoms with Gasteiger partial charge in [0.2, 0.25) is 18.6 Å². The van der Waals surface area contributed by atoms with Gasteiger partial charge in [-0.05, 0) is 50.6 Å². The van der Waals surface area contributed by atoms with Crippen LogP contribution < -0.4 is 19.7 Å². The summed E-state index contributed by atoms with van der Waals surface area (Å²) in [5, 5.41) is 11.4. The van der Waals surface area contributed by atoms with Crippen molar-refractivity contribution in [3.8, 4) is 11.5 Å². The number of benzene rings is 2. The minimum atomic E-state index is -0.998. The Balaban J connectivity index is 1.60. The number of anilines is 1. The summed E-state index contributed by atoms with van der Waals surface area (Å²) in [6.45, 7) is 5.85. The lowest BCUT2D eigenvalue weighted by molar-refractivity contribution is -0.128. The second kappa shape index (κ2) is 9.88. The predicted molar refractivity (Wildman–Crippen MR) is 137 cm³/mol. The van der Waals surface area contributed by atoms with E-state index in [1.165, 1.54) is 9.58 Å². The smallest absolute Gasteiger partial charge is 0.249 e. The fourth-order valence-electron chi connectivity index (χ4n) is 4.16. The number of hydrogen-bond donors (Lipinski definition) is 1. The molecule has 37 heavy (non-hydrogen) atoms. The van der Waals surface area contributed by atoms with Crippen molar-refractivity contribution in [2.45, 2.75) is 45.3 Å². The Kier molecular flexibility index (Phi) is 6.47. The van der Waals surface area contributed by atoms with Gasteiger partial charge in [0, 0.05) is 35.2 Å². The first kappa shape index (κ1) is 24.2. The molecule has 0 unspecified atom stereocenters. The van der Waals surface area contributed by atoms with Crippen molar-refractivity contribution in [1.82, 2.24) is 25.3 Å². The second-order valence-corrected chi connectivity index (χ2v) is 9.45. The summed E-state index contributed by atoms with van der Waals surface area (Å²) in [7, 11) is 0. The summed E-state index contributed by atoms with van der Waals surface area (Å²) in [6, 6.07) is 15.1. The van der Waals surface area contributed by atoms with Crippen molar-refractivity contribution in [1.29, 1.82) is 0 Å². The van der Waals surface area contributed by atoms with Crippen molar-refractivity contribution in [2.24, 2.45) is 0 Å². The second-order valence-electron chi connectivity index (χ2n) is 9.45. The van der Waals surface area contributed by atoms with Crippen LogP contribution in [-0.2, 0) is 16.1 Å². The number of fused-ring (bicyclic) bond motifs is 2. The SMILES string of the molecule is CCC(C)(C)NC(=O)[C@@H](c1cccnc1)N(C(=O)Cn1nnc2ccccc21)c1ccc2c(c1)OCO2. The summed E-state index contributed by atoms with van der Waals surface area (Å²) < 4.78 is 12.6. The molecule has 0 spiro atoms. The number of hydrogen-bond acceptors (Lipinski definition) is 7. The van der Waals surface area contributed by atoms with Crippen molar-refractivity contribution in [3.63, 3.8) is 0 Å². The largest absolute Gasteiger partial charge is 0.454 e. The number of carbonyl (C=O) groups excluding carboxylic acids is 2. The number of amides is 2. The van der Waals surface area contributed by atoms with Crippen LogP contribution >= 0.6 is 0 Å². The van der Waals surface area contributed by atoms with E-state index in [1.807, 2.05) is 45.0 Å². The van der Waals surface area contributed by atoms with Gasteiger partial charge in [0.05, 0.1) is 5.52 Å². The van der Waals surface area contributed by atoms with Crippen LogP contribution in [0.1, 0.15) is 38.8 Å². The monoisotopic (exact) mass is 500 g/mol. The molecule has 1 aliphatic rings. The molecule has 1 N–H and O–H groups in total. The van der Waals surface area contributed by atoms with E-state index < -0.39 is 11.6 Å². The standard InChI is InChI=1S/C27H28N6O4/c1-4-27(2,3)29-26(35)25(18-8-7-13-28-15-18)33(19-11-12-22-23(14-19)37-17-36-22)24(34)16-32-21-10-6-5-9-20(21)30-31-32/h5-15,25H,4,16-17H2,1-3H3,(H,29,35)/t25-/m1/s1. The zero-order valence-corrected chi connectivity index (χ0v) is 20.9. The van der Waals surface area contributed by atoms with Crippen LogP contribution in [0.15, 0.2) is 67.0 Å². The van der Waals surface area contributed by atoms with Gasteiger partial charge in [-0.25, -0.2) is 4.68 Å². The van der Waals surface area contributed by atoms with E-state index in [9.17, 15) is 9.59 Å². The molecule has 0 saturated carbocycles. The minimum Gasteiger partial charge on any atom is -0.454 e. The summed E-state index contributed by atoms with van der Waals surface area (Å²) in [5.41, 5.74) is 1.97. The summed E-state index contributed by atoms with van der Waals surface area (Å²) >= 11 is 0. The zero-order chi connectivity index (χ0) is 26.0. The van der Waals surface area contributed by atoms with Gasteiger partial charge in [0.1, 0.15) is 18.1 Å². The number of nitrogens with zero attached hydrogens (tertiary/aromatic N) is 5. The molecule has 0 fully saturated rings. The molecule has 0 aliphatic carbocycles. The maximum Gasteiger partial charge on any atom is 0.249 e. The Morgan fingerprint density at radius 2 is 1.92 bits per heavy atom. The highest BCUT2D eigenvalue weighted by molar-refractivity contribution is 6.02. The minimum absolute atomic E-state index is 0.0922. The quantitative estimate of drug-likeness (QED) is 0.393. The first-order chi connectivity index (χ1) is 17.9. The lowest BCUT2D eigenvalue weighted by Crippen LogP contribution is -2.51. The van der Waals surface area contributed by atoms with Crippen LogP contribution in [0.4, 0.5) is 5.69 Å². The highest BCUT2D eigenvalue weighted by Gasteiger charge is 2.36. The van der Waals surface area contributed by atoms with Gasteiger partial charge in [-0.2, -0.15) is 0 Å². The van der Waals surface area contributed by atoms with Crippen LogP contribution in [0.3, 0.4) is 0 Å². The fraction of sp³-hybridized carbons (Fsp3) is 0.296. The summed E-state index contributed by atoms with van der Waals surface area (Å²) in [5.74, 6) is 0.399. The van der Waals surface area contributed by atoms with E-state index in [2.05, 4.69) is 20.6 Å². The normalized spacial score (nSPS) is 13.4. The molecule has 5 rings (SSSR count). The molecule has 2 aromatic heterocycles.